The van der Waals surface area contributed by atoms with Gasteiger partial charge in [0, 0.05) is 11.8 Å². The highest BCUT2D eigenvalue weighted by atomic mass is 79.9. The number of hydrogen-bond acceptors (Lipinski definition) is 3. The Morgan fingerprint density at radius 1 is 1.35 bits per heavy atom. The highest BCUT2D eigenvalue weighted by Crippen LogP contribution is 2.29. The minimum atomic E-state index is 0.121. The Morgan fingerprint density at radius 2 is 2.18 bits per heavy atom. The molecule has 2 aromatic rings. The number of nitrogens with one attached hydrogen (secondary N) is 1. The second kappa shape index (κ2) is 5.27. The Bertz CT molecular complexity index is 482. The van der Waals surface area contributed by atoms with Gasteiger partial charge < -0.3 is 14.5 Å². The van der Waals surface area contributed by atoms with Gasteiger partial charge in [-0.1, -0.05) is 0 Å². The molecule has 0 aliphatic rings. The zero-order chi connectivity index (χ0) is 12.3. The van der Waals surface area contributed by atoms with Crippen molar-refractivity contribution < 1.29 is 9.15 Å². The van der Waals surface area contributed by atoms with Crippen LogP contribution in [0.1, 0.15) is 18.7 Å². The van der Waals surface area contributed by atoms with E-state index in [-0.39, 0.29) is 6.04 Å². The maximum absolute atomic E-state index is 5.34. The predicted octanol–water partition coefficient (Wildman–Crippen LogP) is 4.22. The number of ether oxygens (including phenoxy) is 1. The second-order valence-electron chi connectivity index (χ2n) is 3.73. The lowest BCUT2D eigenvalue weighted by molar-refractivity contribution is 0.412. The van der Waals surface area contributed by atoms with Gasteiger partial charge in [0.2, 0.25) is 0 Å². The van der Waals surface area contributed by atoms with Crippen LogP contribution < -0.4 is 10.1 Å². The van der Waals surface area contributed by atoms with Gasteiger partial charge >= 0.3 is 0 Å². The summed E-state index contributed by atoms with van der Waals surface area (Å²) in [6.07, 6.45) is 1.68. The fourth-order valence-corrected chi connectivity index (χ4v) is 2.02. The molecule has 1 aromatic heterocycles. The van der Waals surface area contributed by atoms with Gasteiger partial charge in [0.05, 0.1) is 23.9 Å². The van der Waals surface area contributed by atoms with Crippen molar-refractivity contribution in [2.75, 3.05) is 12.4 Å². The van der Waals surface area contributed by atoms with Crippen LogP contribution in [-0.4, -0.2) is 7.11 Å². The summed E-state index contributed by atoms with van der Waals surface area (Å²) >= 11 is 3.42. The van der Waals surface area contributed by atoms with E-state index in [1.807, 2.05) is 37.3 Å². The van der Waals surface area contributed by atoms with Crippen LogP contribution in [0.2, 0.25) is 0 Å². The molecule has 0 bridgehead atoms. The van der Waals surface area contributed by atoms with Crippen LogP contribution in [0.25, 0.3) is 0 Å². The molecule has 0 radical (unpaired) electrons. The molecule has 0 spiro atoms. The summed E-state index contributed by atoms with van der Waals surface area (Å²) in [6, 6.07) is 9.85. The highest BCUT2D eigenvalue weighted by molar-refractivity contribution is 9.10. The lowest BCUT2D eigenvalue weighted by Crippen LogP contribution is -2.05. The maximum Gasteiger partial charge on any atom is 0.135 e. The third-order valence-corrected chi connectivity index (χ3v) is 3.16. The van der Waals surface area contributed by atoms with Gasteiger partial charge in [-0.15, -0.1) is 0 Å². The minimum absolute atomic E-state index is 0.121. The first-order valence-corrected chi connectivity index (χ1v) is 6.13. The summed E-state index contributed by atoms with van der Waals surface area (Å²) in [5.41, 5.74) is 0.994. The van der Waals surface area contributed by atoms with Gasteiger partial charge in [-0.25, -0.2) is 0 Å². The predicted molar refractivity (Wildman–Crippen MR) is 71.4 cm³/mol. The van der Waals surface area contributed by atoms with Crippen molar-refractivity contribution in [3.05, 3.63) is 46.8 Å². The highest BCUT2D eigenvalue weighted by Gasteiger charge is 2.09. The van der Waals surface area contributed by atoms with E-state index < -0.39 is 0 Å². The summed E-state index contributed by atoms with van der Waals surface area (Å²) in [6.45, 7) is 2.05. The molecule has 1 unspecified atom stereocenters. The number of anilines is 1. The van der Waals surface area contributed by atoms with Gasteiger partial charge in [0.15, 0.2) is 0 Å². The summed E-state index contributed by atoms with van der Waals surface area (Å²) in [4.78, 5) is 0. The van der Waals surface area contributed by atoms with Gasteiger partial charge in [0.25, 0.3) is 0 Å². The summed E-state index contributed by atoms with van der Waals surface area (Å²) in [5, 5.41) is 3.35. The standard InChI is InChI=1S/C13H14BrNO2/c1-9(12-4-3-7-17-12)15-10-5-6-11(14)13(8-10)16-2/h3-9,15H,1-2H3. The molecule has 1 atom stereocenters. The van der Waals surface area contributed by atoms with E-state index >= 15 is 0 Å². The van der Waals surface area contributed by atoms with Crippen molar-refractivity contribution in [2.24, 2.45) is 0 Å². The molecule has 0 saturated carbocycles. The van der Waals surface area contributed by atoms with Crippen molar-refractivity contribution in [1.82, 2.24) is 0 Å². The fraction of sp³-hybridized carbons (Fsp3) is 0.231. The molecule has 0 aliphatic carbocycles. The van der Waals surface area contributed by atoms with Crippen LogP contribution in [-0.2, 0) is 0 Å². The molecule has 0 amide bonds. The van der Waals surface area contributed by atoms with E-state index in [4.69, 9.17) is 9.15 Å². The van der Waals surface area contributed by atoms with E-state index in [1.165, 1.54) is 0 Å². The van der Waals surface area contributed by atoms with Gasteiger partial charge in [-0.05, 0) is 47.1 Å². The number of halogens is 1. The van der Waals surface area contributed by atoms with Crippen molar-refractivity contribution in [3.63, 3.8) is 0 Å². The minimum Gasteiger partial charge on any atom is -0.495 e. The maximum atomic E-state index is 5.34. The van der Waals surface area contributed by atoms with Crippen LogP contribution in [0.3, 0.4) is 0 Å². The molecule has 1 aromatic carbocycles. The summed E-state index contributed by atoms with van der Waals surface area (Å²) in [7, 11) is 1.65. The molecule has 17 heavy (non-hydrogen) atoms. The van der Waals surface area contributed by atoms with Crippen molar-refractivity contribution in [2.45, 2.75) is 13.0 Å². The van der Waals surface area contributed by atoms with Crippen LogP contribution in [0.4, 0.5) is 5.69 Å². The number of furan rings is 1. The molecule has 3 nitrogen and oxygen atoms in total. The number of hydrogen-bond donors (Lipinski definition) is 1. The molecule has 0 aliphatic heterocycles. The molecule has 0 saturated heterocycles. The number of methoxy groups -OCH3 is 1. The first kappa shape index (κ1) is 12.0. The van der Waals surface area contributed by atoms with Gasteiger partial charge in [-0.3, -0.25) is 0 Å². The normalized spacial score (nSPS) is 12.2. The third-order valence-electron chi connectivity index (χ3n) is 2.50. The fourth-order valence-electron chi connectivity index (χ4n) is 1.61. The second-order valence-corrected chi connectivity index (χ2v) is 4.59. The SMILES string of the molecule is COc1cc(NC(C)c2ccco2)ccc1Br. The number of benzene rings is 1. The van der Waals surface area contributed by atoms with E-state index in [0.717, 1.165) is 21.7 Å². The van der Waals surface area contributed by atoms with Crippen molar-refractivity contribution in [3.8, 4) is 5.75 Å². The zero-order valence-corrected chi connectivity index (χ0v) is 11.3. The van der Waals surface area contributed by atoms with Crippen molar-refractivity contribution >= 4 is 21.6 Å². The van der Waals surface area contributed by atoms with Gasteiger partial charge in [-0.2, -0.15) is 0 Å². The van der Waals surface area contributed by atoms with Crippen molar-refractivity contribution in [1.29, 1.82) is 0 Å². The Balaban J connectivity index is 2.13. The van der Waals surface area contributed by atoms with Crippen LogP contribution >= 0.6 is 15.9 Å². The quantitative estimate of drug-likeness (QED) is 0.917. The van der Waals surface area contributed by atoms with Crippen LogP contribution in [0.5, 0.6) is 5.75 Å². The van der Waals surface area contributed by atoms with E-state index in [1.54, 1.807) is 13.4 Å². The lowest BCUT2D eigenvalue weighted by atomic mass is 10.2. The zero-order valence-electron chi connectivity index (χ0n) is 9.74. The molecule has 1 heterocycles. The Hall–Kier alpha value is -1.42. The topological polar surface area (TPSA) is 34.4 Å². The molecule has 4 heteroatoms. The average Bonchev–Trinajstić information content (AvgIpc) is 2.85. The Labute approximate surface area is 109 Å². The van der Waals surface area contributed by atoms with E-state index in [9.17, 15) is 0 Å². The monoisotopic (exact) mass is 295 g/mol. The first-order valence-electron chi connectivity index (χ1n) is 5.34. The van der Waals surface area contributed by atoms with E-state index in [2.05, 4.69) is 21.2 Å². The molecule has 0 fully saturated rings. The smallest absolute Gasteiger partial charge is 0.135 e. The Morgan fingerprint density at radius 3 is 2.82 bits per heavy atom. The average molecular weight is 296 g/mol. The van der Waals surface area contributed by atoms with E-state index in [0.29, 0.717) is 0 Å². The third kappa shape index (κ3) is 2.82. The molecular formula is C13H14BrNO2. The summed E-state index contributed by atoms with van der Waals surface area (Å²) in [5.74, 6) is 1.72. The summed E-state index contributed by atoms with van der Waals surface area (Å²) < 4.78 is 11.5. The molecular weight excluding hydrogens is 282 g/mol. The van der Waals surface area contributed by atoms with Crippen LogP contribution in [0.15, 0.2) is 45.5 Å². The van der Waals surface area contributed by atoms with Gasteiger partial charge in [0.1, 0.15) is 11.5 Å². The number of rotatable bonds is 4. The first-order chi connectivity index (χ1) is 8.20. The van der Waals surface area contributed by atoms with Crippen LogP contribution in [0, 0.1) is 0 Å². The molecule has 2 rings (SSSR count). The Kier molecular flexibility index (Phi) is 3.74. The largest absolute Gasteiger partial charge is 0.495 e. The lowest BCUT2D eigenvalue weighted by Gasteiger charge is -2.14. The molecule has 90 valence electrons. The molecule has 1 N–H and O–H groups in total.